The molecule has 0 bridgehead atoms. The highest BCUT2D eigenvalue weighted by molar-refractivity contribution is 5.73. The highest BCUT2D eigenvalue weighted by Gasteiger charge is 2.11. The number of benzene rings is 1. The Kier molecular flexibility index (Phi) is 5.24. The molecule has 1 aliphatic rings. The lowest BCUT2D eigenvalue weighted by Crippen LogP contribution is -2.38. The van der Waals surface area contributed by atoms with Crippen molar-refractivity contribution in [2.24, 2.45) is 0 Å². The van der Waals surface area contributed by atoms with Crippen LogP contribution in [0.3, 0.4) is 0 Å². The number of para-hydroxylation sites is 1. The van der Waals surface area contributed by atoms with Crippen LogP contribution in [0.5, 0.6) is 0 Å². The maximum atomic E-state index is 11.3. The van der Waals surface area contributed by atoms with E-state index in [1.807, 2.05) is 0 Å². The van der Waals surface area contributed by atoms with Gasteiger partial charge >= 0.3 is 6.03 Å². The lowest BCUT2D eigenvalue weighted by Gasteiger charge is -2.21. The Hall–Kier alpha value is -1.75. The molecular formula is C15H24N4O. The van der Waals surface area contributed by atoms with Gasteiger partial charge in [-0.15, -0.1) is 0 Å². The number of nitrogens with zero attached hydrogens (tertiary/aromatic N) is 1. The van der Waals surface area contributed by atoms with Gasteiger partial charge in [-0.25, -0.2) is 4.79 Å². The van der Waals surface area contributed by atoms with E-state index in [-0.39, 0.29) is 6.03 Å². The van der Waals surface area contributed by atoms with E-state index in [0.29, 0.717) is 6.54 Å². The van der Waals surface area contributed by atoms with Crippen molar-refractivity contribution in [1.29, 1.82) is 0 Å². The molecule has 0 fully saturated rings. The van der Waals surface area contributed by atoms with Crippen molar-refractivity contribution in [2.75, 3.05) is 39.0 Å². The lowest BCUT2D eigenvalue weighted by atomic mass is 9.99. The van der Waals surface area contributed by atoms with E-state index < -0.39 is 0 Å². The molecule has 1 aliphatic heterocycles. The maximum absolute atomic E-state index is 11.3. The van der Waals surface area contributed by atoms with E-state index in [0.717, 1.165) is 26.1 Å². The van der Waals surface area contributed by atoms with Crippen LogP contribution in [0.25, 0.3) is 0 Å². The zero-order chi connectivity index (χ0) is 14.4. The summed E-state index contributed by atoms with van der Waals surface area (Å²) < 4.78 is 0. The van der Waals surface area contributed by atoms with Gasteiger partial charge in [0, 0.05) is 46.0 Å². The summed E-state index contributed by atoms with van der Waals surface area (Å²) in [6.07, 6.45) is 2.37. The summed E-state index contributed by atoms with van der Waals surface area (Å²) in [6.45, 7) is 3.29. The van der Waals surface area contributed by atoms with Gasteiger partial charge in [0.15, 0.2) is 0 Å². The maximum Gasteiger partial charge on any atom is 0.316 e. The van der Waals surface area contributed by atoms with E-state index in [9.17, 15) is 4.79 Å². The molecule has 0 saturated carbocycles. The second kappa shape index (κ2) is 7.14. The van der Waals surface area contributed by atoms with Gasteiger partial charge in [-0.3, -0.25) is 0 Å². The number of aryl methyl sites for hydroxylation is 1. The molecule has 1 aromatic carbocycles. The Bertz CT molecular complexity index is 459. The SMILES string of the molecule is CN(C)C(=O)NCCNCc1cccc2c1NCCC2. The van der Waals surface area contributed by atoms with E-state index in [1.54, 1.807) is 14.1 Å². The minimum absolute atomic E-state index is 0.0504. The summed E-state index contributed by atoms with van der Waals surface area (Å²) in [4.78, 5) is 12.9. The molecule has 2 amide bonds. The van der Waals surface area contributed by atoms with Crippen LogP contribution in [0.2, 0.25) is 0 Å². The molecule has 1 heterocycles. The molecule has 1 aromatic rings. The van der Waals surface area contributed by atoms with Crippen LogP contribution in [-0.2, 0) is 13.0 Å². The Morgan fingerprint density at radius 2 is 2.20 bits per heavy atom. The topological polar surface area (TPSA) is 56.4 Å². The zero-order valence-electron chi connectivity index (χ0n) is 12.3. The van der Waals surface area contributed by atoms with E-state index in [4.69, 9.17) is 0 Å². The van der Waals surface area contributed by atoms with Crippen LogP contribution in [0, 0.1) is 0 Å². The second-order valence-corrected chi connectivity index (χ2v) is 5.28. The largest absolute Gasteiger partial charge is 0.385 e. The summed E-state index contributed by atoms with van der Waals surface area (Å²) in [5.41, 5.74) is 4.01. The molecule has 5 heteroatoms. The van der Waals surface area contributed by atoms with Crippen molar-refractivity contribution in [2.45, 2.75) is 19.4 Å². The highest BCUT2D eigenvalue weighted by Crippen LogP contribution is 2.25. The molecule has 0 spiro atoms. The molecule has 0 unspecified atom stereocenters. The highest BCUT2D eigenvalue weighted by atomic mass is 16.2. The predicted octanol–water partition coefficient (Wildman–Crippen LogP) is 1.41. The summed E-state index contributed by atoms with van der Waals surface area (Å²) in [5, 5.41) is 9.70. The van der Waals surface area contributed by atoms with Crippen LogP contribution >= 0.6 is 0 Å². The first-order valence-corrected chi connectivity index (χ1v) is 7.19. The van der Waals surface area contributed by atoms with E-state index in [2.05, 4.69) is 34.1 Å². The molecule has 0 aliphatic carbocycles. The van der Waals surface area contributed by atoms with Crippen molar-refractivity contribution in [3.05, 3.63) is 29.3 Å². The van der Waals surface area contributed by atoms with Gasteiger partial charge < -0.3 is 20.9 Å². The second-order valence-electron chi connectivity index (χ2n) is 5.28. The molecule has 0 saturated heterocycles. The van der Waals surface area contributed by atoms with Gasteiger partial charge in [0.25, 0.3) is 0 Å². The van der Waals surface area contributed by atoms with Gasteiger partial charge in [-0.1, -0.05) is 18.2 Å². The number of anilines is 1. The fourth-order valence-corrected chi connectivity index (χ4v) is 2.37. The van der Waals surface area contributed by atoms with Crippen LogP contribution < -0.4 is 16.0 Å². The molecule has 0 aromatic heterocycles. The Labute approximate surface area is 120 Å². The molecular weight excluding hydrogens is 252 g/mol. The Morgan fingerprint density at radius 1 is 1.35 bits per heavy atom. The predicted molar refractivity (Wildman–Crippen MR) is 82.0 cm³/mol. The number of urea groups is 1. The molecule has 0 radical (unpaired) electrons. The van der Waals surface area contributed by atoms with Gasteiger partial charge in [-0.2, -0.15) is 0 Å². The summed E-state index contributed by atoms with van der Waals surface area (Å²) in [7, 11) is 3.48. The van der Waals surface area contributed by atoms with Crippen LogP contribution in [-0.4, -0.2) is 44.7 Å². The third-order valence-electron chi connectivity index (χ3n) is 3.46. The first kappa shape index (κ1) is 14.7. The van der Waals surface area contributed by atoms with Gasteiger partial charge in [-0.05, 0) is 24.0 Å². The van der Waals surface area contributed by atoms with E-state index >= 15 is 0 Å². The van der Waals surface area contributed by atoms with Gasteiger partial charge in [0.1, 0.15) is 0 Å². The molecule has 110 valence electrons. The fourth-order valence-electron chi connectivity index (χ4n) is 2.37. The minimum Gasteiger partial charge on any atom is -0.385 e. The summed E-state index contributed by atoms with van der Waals surface area (Å²) in [6, 6.07) is 6.42. The Balaban J connectivity index is 1.76. The number of rotatable bonds is 5. The van der Waals surface area contributed by atoms with Crippen molar-refractivity contribution < 1.29 is 4.79 Å². The summed E-state index contributed by atoms with van der Waals surface area (Å²) in [5.74, 6) is 0. The van der Waals surface area contributed by atoms with Crippen molar-refractivity contribution >= 4 is 11.7 Å². The third kappa shape index (κ3) is 3.87. The number of nitrogens with one attached hydrogen (secondary N) is 3. The number of carbonyl (C=O) groups is 1. The normalized spacial score (nSPS) is 13.3. The molecule has 2 rings (SSSR count). The average Bonchev–Trinajstić information content (AvgIpc) is 2.46. The third-order valence-corrected chi connectivity index (χ3v) is 3.46. The lowest BCUT2D eigenvalue weighted by molar-refractivity contribution is 0.217. The van der Waals surface area contributed by atoms with E-state index in [1.165, 1.54) is 28.1 Å². The zero-order valence-corrected chi connectivity index (χ0v) is 12.3. The fraction of sp³-hybridized carbons (Fsp3) is 0.533. The molecule has 0 atom stereocenters. The standard InChI is InChI=1S/C15H24N4O/c1-19(2)15(20)18-10-9-16-11-13-6-3-5-12-7-4-8-17-14(12)13/h3,5-6,16-17H,4,7-11H2,1-2H3,(H,18,20). The number of hydrogen-bond donors (Lipinski definition) is 3. The van der Waals surface area contributed by atoms with Gasteiger partial charge in [0.05, 0.1) is 0 Å². The smallest absolute Gasteiger partial charge is 0.316 e. The molecule has 20 heavy (non-hydrogen) atoms. The molecule has 5 nitrogen and oxygen atoms in total. The minimum atomic E-state index is -0.0504. The van der Waals surface area contributed by atoms with Crippen LogP contribution in [0.4, 0.5) is 10.5 Å². The first-order chi connectivity index (χ1) is 9.68. The van der Waals surface area contributed by atoms with Crippen LogP contribution in [0.15, 0.2) is 18.2 Å². The van der Waals surface area contributed by atoms with Gasteiger partial charge in [0.2, 0.25) is 0 Å². The average molecular weight is 276 g/mol. The van der Waals surface area contributed by atoms with Crippen molar-refractivity contribution in [3.63, 3.8) is 0 Å². The van der Waals surface area contributed by atoms with Crippen molar-refractivity contribution in [1.82, 2.24) is 15.5 Å². The van der Waals surface area contributed by atoms with Crippen LogP contribution in [0.1, 0.15) is 17.5 Å². The first-order valence-electron chi connectivity index (χ1n) is 7.19. The summed E-state index contributed by atoms with van der Waals surface area (Å²) >= 11 is 0. The number of fused-ring (bicyclic) bond motifs is 1. The van der Waals surface area contributed by atoms with Crippen molar-refractivity contribution in [3.8, 4) is 0 Å². The number of hydrogen-bond acceptors (Lipinski definition) is 3. The monoisotopic (exact) mass is 276 g/mol. The molecule has 3 N–H and O–H groups in total. The number of amides is 2. The Morgan fingerprint density at radius 3 is 3.00 bits per heavy atom. The number of carbonyl (C=O) groups excluding carboxylic acids is 1. The quantitative estimate of drug-likeness (QED) is 0.713.